The van der Waals surface area contributed by atoms with Crippen molar-refractivity contribution in [3.63, 3.8) is 0 Å². The van der Waals surface area contributed by atoms with E-state index in [0.717, 1.165) is 36.5 Å². The Balaban J connectivity index is 2.12. The molecule has 0 amide bonds. The van der Waals surface area contributed by atoms with Crippen molar-refractivity contribution < 1.29 is 26.3 Å². The second-order valence-electron chi connectivity index (χ2n) is 4.68. The molecule has 0 saturated carbocycles. The standard InChI is InChI=1S/C15H9ClF6N2/c16-12-6-5-11(15(20,21)22)7-13(12)24-23-8-9-1-3-10(4-2-9)14(17,18)19/h1-8,24H. The summed E-state index contributed by atoms with van der Waals surface area (Å²) in [4.78, 5) is 0. The molecule has 0 aromatic heterocycles. The zero-order valence-corrected chi connectivity index (χ0v) is 12.5. The van der Waals surface area contributed by atoms with Crippen molar-refractivity contribution in [2.24, 2.45) is 5.10 Å². The van der Waals surface area contributed by atoms with E-state index < -0.39 is 23.5 Å². The summed E-state index contributed by atoms with van der Waals surface area (Å²) in [7, 11) is 0. The number of hydrogen-bond donors (Lipinski definition) is 1. The molecule has 128 valence electrons. The predicted molar refractivity (Wildman–Crippen MR) is 79.1 cm³/mol. The quantitative estimate of drug-likeness (QED) is 0.413. The molecular formula is C15H9ClF6N2. The highest BCUT2D eigenvalue weighted by molar-refractivity contribution is 6.33. The van der Waals surface area contributed by atoms with Gasteiger partial charge in [0.2, 0.25) is 0 Å². The van der Waals surface area contributed by atoms with Crippen molar-refractivity contribution in [2.75, 3.05) is 5.43 Å². The minimum absolute atomic E-state index is 0.0209. The lowest BCUT2D eigenvalue weighted by molar-refractivity contribution is -0.138. The maximum absolute atomic E-state index is 12.6. The molecule has 24 heavy (non-hydrogen) atoms. The maximum atomic E-state index is 12.6. The molecule has 2 aromatic rings. The summed E-state index contributed by atoms with van der Waals surface area (Å²) in [6, 6.07) is 6.79. The van der Waals surface area contributed by atoms with Crippen LogP contribution in [-0.2, 0) is 12.4 Å². The first kappa shape index (κ1) is 18.1. The summed E-state index contributed by atoms with van der Waals surface area (Å²) in [6.45, 7) is 0. The second kappa shape index (κ2) is 6.72. The third-order valence-electron chi connectivity index (χ3n) is 2.93. The van der Waals surface area contributed by atoms with Gasteiger partial charge in [0, 0.05) is 0 Å². The number of halogens is 7. The van der Waals surface area contributed by atoms with E-state index in [9.17, 15) is 26.3 Å². The van der Waals surface area contributed by atoms with E-state index in [-0.39, 0.29) is 10.7 Å². The molecule has 0 saturated heterocycles. The Kier molecular flexibility index (Phi) is 5.08. The van der Waals surface area contributed by atoms with Crippen LogP contribution < -0.4 is 5.43 Å². The first-order valence-corrected chi connectivity index (χ1v) is 6.78. The lowest BCUT2D eigenvalue weighted by Gasteiger charge is -2.10. The van der Waals surface area contributed by atoms with Crippen LogP contribution in [0.15, 0.2) is 47.6 Å². The van der Waals surface area contributed by atoms with Gasteiger partial charge in [0.05, 0.1) is 28.1 Å². The van der Waals surface area contributed by atoms with Crippen LogP contribution in [0.1, 0.15) is 16.7 Å². The van der Waals surface area contributed by atoms with Crippen LogP contribution in [0.2, 0.25) is 5.02 Å². The molecule has 0 unspecified atom stereocenters. The SMILES string of the molecule is FC(F)(F)c1ccc(C=NNc2cc(C(F)(F)F)ccc2Cl)cc1. The van der Waals surface area contributed by atoms with Gasteiger partial charge in [-0.3, -0.25) is 5.43 Å². The Morgan fingerprint density at radius 2 is 1.38 bits per heavy atom. The van der Waals surface area contributed by atoms with E-state index in [1.165, 1.54) is 12.1 Å². The zero-order valence-electron chi connectivity index (χ0n) is 11.7. The van der Waals surface area contributed by atoms with Crippen LogP contribution in [0.4, 0.5) is 32.0 Å². The molecule has 0 aliphatic heterocycles. The Morgan fingerprint density at radius 1 is 0.833 bits per heavy atom. The van der Waals surface area contributed by atoms with E-state index in [4.69, 9.17) is 11.6 Å². The summed E-state index contributed by atoms with van der Waals surface area (Å²) in [5.74, 6) is 0. The highest BCUT2D eigenvalue weighted by Crippen LogP contribution is 2.33. The minimum atomic E-state index is -4.53. The van der Waals surface area contributed by atoms with Crippen LogP contribution in [0.25, 0.3) is 0 Å². The molecule has 0 heterocycles. The largest absolute Gasteiger partial charge is 0.416 e. The zero-order chi connectivity index (χ0) is 18.0. The van der Waals surface area contributed by atoms with E-state index >= 15 is 0 Å². The number of hydrazone groups is 1. The number of nitrogens with one attached hydrogen (secondary N) is 1. The Hall–Kier alpha value is -2.22. The van der Waals surface area contributed by atoms with Crippen molar-refractivity contribution in [3.05, 3.63) is 64.2 Å². The second-order valence-corrected chi connectivity index (χ2v) is 5.09. The van der Waals surface area contributed by atoms with Crippen LogP contribution in [0.3, 0.4) is 0 Å². The monoisotopic (exact) mass is 366 g/mol. The Labute approximate surface area is 137 Å². The van der Waals surface area contributed by atoms with Gasteiger partial charge in [0.25, 0.3) is 0 Å². The number of anilines is 1. The van der Waals surface area contributed by atoms with Gasteiger partial charge in [-0.15, -0.1) is 0 Å². The molecular weight excluding hydrogens is 358 g/mol. The van der Waals surface area contributed by atoms with Gasteiger partial charge in [-0.05, 0) is 35.9 Å². The lowest BCUT2D eigenvalue weighted by atomic mass is 10.1. The molecule has 2 nitrogen and oxygen atoms in total. The number of nitrogens with zero attached hydrogens (tertiary/aromatic N) is 1. The molecule has 2 aromatic carbocycles. The molecule has 9 heteroatoms. The summed E-state index contributed by atoms with van der Waals surface area (Å²) < 4.78 is 75.1. The van der Waals surface area contributed by atoms with Crippen LogP contribution in [-0.4, -0.2) is 6.21 Å². The number of rotatable bonds is 3. The third-order valence-corrected chi connectivity index (χ3v) is 3.26. The fourth-order valence-electron chi connectivity index (χ4n) is 1.72. The fraction of sp³-hybridized carbons (Fsp3) is 0.133. The first-order valence-electron chi connectivity index (χ1n) is 6.40. The average molecular weight is 367 g/mol. The summed E-state index contributed by atoms with van der Waals surface area (Å²) in [5.41, 5.74) is 0.877. The van der Waals surface area contributed by atoms with Crippen LogP contribution >= 0.6 is 11.6 Å². The van der Waals surface area contributed by atoms with Gasteiger partial charge in [-0.2, -0.15) is 31.4 Å². The normalized spacial score (nSPS) is 12.6. The van der Waals surface area contributed by atoms with E-state index in [1.54, 1.807) is 0 Å². The van der Waals surface area contributed by atoms with Gasteiger partial charge in [-0.25, -0.2) is 0 Å². The highest BCUT2D eigenvalue weighted by Gasteiger charge is 2.31. The smallest absolute Gasteiger partial charge is 0.277 e. The molecule has 0 spiro atoms. The summed E-state index contributed by atoms with van der Waals surface area (Å²) >= 11 is 5.77. The molecule has 0 aliphatic carbocycles. The Morgan fingerprint density at radius 3 is 1.92 bits per heavy atom. The molecule has 2 rings (SSSR count). The first-order chi connectivity index (χ1) is 11.1. The Bertz CT molecular complexity index is 735. The van der Waals surface area contributed by atoms with Crippen molar-refractivity contribution in [2.45, 2.75) is 12.4 Å². The van der Waals surface area contributed by atoms with Crippen molar-refractivity contribution in [1.29, 1.82) is 0 Å². The van der Waals surface area contributed by atoms with Crippen molar-refractivity contribution in [1.82, 2.24) is 0 Å². The molecule has 0 fully saturated rings. The lowest BCUT2D eigenvalue weighted by Crippen LogP contribution is -2.05. The van der Waals surface area contributed by atoms with Gasteiger partial charge in [0.1, 0.15) is 0 Å². The molecule has 1 N–H and O–H groups in total. The molecule has 0 atom stereocenters. The van der Waals surface area contributed by atoms with E-state index in [1.807, 2.05) is 0 Å². The van der Waals surface area contributed by atoms with Gasteiger partial charge in [-0.1, -0.05) is 23.7 Å². The third kappa shape index (κ3) is 4.64. The predicted octanol–water partition coefficient (Wildman–Crippen LogP) is 5.82. The summed E-state index contributed by atoms with van der Waals surface area (Å²) in [6.07, 6.45) is -7.81. The van der Waals surface area contributed by atoms with Crippen LogP contribution in [0.5, 0.6) is 0 Å². The number of benzene rings is 2. The minimum Gasteiger partial charge on any atom is -0.277 e. The average Bonchev–Trinajstić information content (AvgIpc) is 2.47. The van der Waals surface area contributed by atoms with Crippen LogP contribution in [0, 0.1) is 0 Å². The van der Waals surface area contributed by atoms with Gasteiger partial charge < -0.3 is 0 Å². The highest BCUT2D eigenvalue weighted by atomic mass is 35.5. The summed E-state index contributed by atoms with van der Waals surface area (Å²) in [5, 5.41) is 3.70. The van der Waals surface area contributed by atoms with Gasteiger partial charge >= 0.3 is 12.4 Å². The fourth-order valence-corrected chi connectivity index (χ4v) is 1.88. The number of hydrogen-bond acceptors (Lipinski definition) is 2. The maximum Gasteiger partial charge on any atom is 0.416 e. The van der Waals surface area contributed by atoms with E-state index in [2.05, 4.69) is 10.5 Å². The molecule has 0 aliphatic rings. The van der Waals surface area contributed by atoms with E-state index in [0.29, 0.717) is 5.56 Å². The molecule has 0 radical (unpaired) electrons. The number of alkyl halides is 6. The molecule has 0 bridgehead atoms. The topological polar surface area (TPSA) is 24.4 Å². The van der Waals surface area contributed by atoms with Crippen molar-refractivity contribution in [3.8, 4) is 0 Å². The van der Waals surface area contributed by atoms with Gasteiger partial charge in [0.15, 0.2) is 0 Å². The van der Waals surface area contributed by atoms with Crippen molar-refractivity contribution >= 4 is 23.5 Å².